The van der Waals surface area contributed by atoms with Crippen LogP contribution in [0.25, 0.3) is 0 Å². The third kappa shape index (κ3) is 3.11. The van der Waals surface area contributed by atoms with E-state index in [9.17, 15) is 4.79 Å². The van der Waals surface area contributed by atoms with Gasteiger partial charge in [0.2, 0.25) is 0 Å². The quantitative estimate of drug-likeness (QED) is 0.487. The molecule has 0 fully saturated rings. The molecule has 0 bridgehead atoms. The number of carbonyl (C=O) groups is 1. The molecule has 0 heterocycles. The fraction of sp³-hybridized carbons (Fsp3) is 0.300. The molecule has 0 spiro atoms. The van der Waals surface area contributed by atoms with Crippen molar-refractivity contribution in [2.24, 2.45) is 0 Å². The highest BCUT2D eigenvalue weighted by atomic mass is 79.9. The Morgan fingerprint density at radius 2 is 2.00 bits per heavy atom. The highest BCUT2D eigenvalue weighted by Gasteiger charge is 2.09. The molecule has 15 heavy (non-hydrogen) atoms. The fourth-order valence-electron chi connectivity index (χ4n) is 1.06. The van der Waals surface area contributed by atoms with Crippen molar-refractivity contribution in [1.29, 1.82) is 0 Å². The predicted molar refractivity (Wildman–Crippen MR) is 64.8 cm³/mol. The molecule has 0 saturated heterocycles. The summed E-state index contributed by atoms with van der Waals surface area (Å²) < 4.78 is 4.32. The maximum atomic E-state index is 11.2. The number of rotatable bonds is 3. The lowest BCUT2D eigenvalue weighted by Crippen LogP contribution is -2.21. The molecule has 0 aliphatic heterocycles. The van der Waals surface area contributed by atoms with E-state index in [2.05, 4.69) is 20.7 Å². The summed E-state index contributed by atoms with van der Waals surface area (Å²) in [5.74, 6) is -0.342. The Morgan fingerprint density at radius 3 is 2.40 bits per heavy atom. The summed E-state index contributed by atoms with van der Waals surface area (Å²) in [6.45, 7) is 0. The van der Waals surface area contributed by atoms with Crippen molar-refractivity contribution in [1.82, 2.24) is 0 Å². The van der Waals surface area contributed by atoms with E-state index in [1.807, 2.05) is 24.1 Å². The highest BCUT2D eigenvalue weighted by molar-refractivity contribution is 9.10. The Balaban J connectivity index is 2.85. The number of nitrogens with zero attached hydrogens (tertiary/aromatic N) is 1. The van der Waals surface area contributed by atoms with Crippen LogP contribution >= 0.6 is 27.5 Å². The Bertz CT molecular complexity index is 340. The van der Waals surface area contributed by atoms with Gasteiger partial charge in [-0.2, -0.15) is 0 Å². The van der Waals surface area contributed by atoms with Gasteiger partial charge in [0.05, 0.1) is 12.7 Å². The van der Waals surface area contributed by atoms with Gasteiger partial charge in [-0.3, -0.25) is 0 Å². The van der Waals surface area contributed by atoms with Crippen LogP contribution in [0.5, 0.6) is 0 Å². The summed E-state index contributed by atoms with van der Waals surface area (Å²) in [6.07, 6.45) is 0. The minimum atomic E-state index is -0.342. The topological polar surface area (TPSA) is 29.5 Å². The van der Waals surface area contributed by atoms with Crippen molar-refractivity contribution in [2.75, 3.05) is 19.1 Å². The van der Waals surface area contributed by atoms with Crippen LogP contribution < -0.4 is 4.90 Å². The molecular weight excluding hydrogens is 281 g/mol. The molecule has 0 radical (unpaired) electrons. The van der Waals surface area contributed by atoms with Gasteiger partial charge < -0.3 is 9.64 Å². The predicted octanol–water partition coefficient (Wildman–Crippen LogP) is 2.83. The molecule has 0 amide bonds. The normalized spacial score (nSPS) is 12.0. The third-order valence-corrected chi connectivity index (χ3v) is 2.90. The number of benzene rings is 1. The minimum absolute atomic E-state index is 0.276. The zero-order valence-electron chi connectivity index (χ0n) is 8.41. The number of carbonyl (C=O) groups excluding carboxylic acids is 1. The Labute approximate surface area is 102 Å². The van der Waals surface area contributed by atoms with Gasteiger partial charge in [0.15, 0.2) is 4.41 Å². The van der Waals surface area contributed by atoms with Gasteiger partial charge >= 0.3 is 5.97 Å². The molecular formula is C10H11BrClNO2. The summed E-state index contributed by atoms with van der Waals surface area (Å²) in [7, 11) is 3.20. The first-order valence-corrected chi connectivity index (χ1v) is 5.61. The largest absolute Gasteiger partial charge is 0.465 e. The van der Waals surface area contributed by atoms with Crippen LogP contribution in [0.4, 0.5) is 5.69 Å². The highest BCUT2D eigenvalue weighted by Crippen LogP contribution is 2.21. The lowest BCUT2D eigenvalue weighted by molar-refractivity contribution is 0.0601. The molecule has 0 saturated carbocycles. The van der Waals surface area contributed by atoms with Crippen LogP contribution in [0.15, 0.2) is 24.3 Å². The molecule has 1 aromatic carbocycles. The van der Waals surface area contributed by atoms with Crippen LogP contribution in [0.2, 0.25) is 0 Å². The molecule has 1 aromatic rings. The van der Waals surface area contributed by atoms with E-state index in [1.54, 1.807) is 12.1 Å². The van der Waals surface area contributed by atoms with Gasteiger partial charge in [-0.05, 0) is 40.2 Å². The van der Waals surface area contributed by atoms with Gasteiger partial charge in [-0.25, -0.2) is 4.79 Å². The molecule has 5 heteroatoms. The van der Waals surface area contributed by atoms with Gasteiger partial charge in [0, 0.05) is 12.7 Å². The fourth-order valence-corrected chi connectivity index (χ4v) is 1.41. The lowest BCUT2D eigenvalue weighted by Gasteiger charge is -2.20. The number of methoxy groups -OCH3 is 1. The van der Waals surface area contributed by atoms with Crippen LogP contribution in [-0.2, 0) is 4.74 Å². The average Bonchev–Trinajstić information content (AvgIpc) is 2.27. The number of hydrogen-bond donors (Lipinski definition) is 0. The number of halogens is 2. The van der Waals surface area contributed by atoms with Gasteiger partial charge in [0.25, 0.3) is 0 Å². The van der Waals surface area contributed by atoms with Crippen molar-refractivity contribution >= 4 is 39.2 Å². The van der Waals surface area contributed by atoms with Crippen molar-refractivity contribution in [2.45, 2.75) is 4.41 Å². The zero-order valence-corrected chi connectivity index (χ0v) is 10.7. The van der Waals surface area contributed by atoms with Crippen molar-refractivity contribution in [3.05, 3.63) is 29.8 Å². The number of ether oxygens (including phenoxy) is 1. The summed E-state index contributed by atoms with van der Waals surface area (Å²) in [4.78, 5) is 13.0. The minimum Gasteiger partial charge on any atom is -0.465 e. The summed E-state index contributed by atoms with van der Waals surface area (Å²) in [5.41, 5.74) is 1.44. The van der Waals surface area contributed by atoms with E-state index in [4.69, 9.17) is 11.6 Å². The third-order valence-electron chi connectivity index (χ3n) is 1.99. The van der Waals surface area contributed by atoms with Crippen LogP contribution in [-0.4, -0.2) is 24.5 Å². The van der Waals surface area contributed by atoms with Crippen LogP contribution in [0.1, 0.15) is 10.4 Å². The number of hydrogen-bond acceptors (Lipinski definition) is 3. The average molecular weight is 293 g/mol. The molecule has 1 rings (SSSR count). The maximum Gasteiger partial charge on any atom is 0.337 e. The van der Waals surface area contributed by atoms with E-state index in [-0.39, 0.29) is 10.4 Å². The molecule has 1 atom stereocenters. The zero-order chi connectivity index (χ0) is 11.4. The number of anilines is 1. The Morgan fingerprint density at radius 1 is 1.47 bits per heavy atom. The number of esters is 1. The second-order valence-corrected chi connectivity index (χ2v) is 4.73. The Hall–Kier alpha value is -0.740. The molecule has 0 N–H and O–H groups in total. The van der Waals surface area contributed by atoms with Crippen molar-refractivity contribution in [3.8, 4) is 0 Å². The molecule has 0 aliphatic carbocycles. The first-order chi connectivity index (χ1) is 7.06. The van der Waals surface area contributed by atoms with Crippen LogP contribution in [0, 0.1) is 0 Å². The van der Waals surface area contributed by atoms with E-state index >= 15 is 0 Å². The summed E-state index contributed by atoms with van der Waals surface area (Å²) in [5, 5.41) is 0. The summed E-state index contributed by atoms with van der Waals surface area (Å²) >= 11 is 9.08. The maximum absolute atomic E-state index is 11.2. The van der Waals surface area contributed by atoms with Gasteiger partial charge in [0.1, 0.15) is 0 Å². The lowest BCUT2D eigenvalue weighted by atomic mass is 10.2. The molecule has 3 nitrogen and oxygen atoms in total. The molecule has 1 unspecified atom stereocenters. The first-order valence-electron chi connectivity index (χ1n) is 4.25. The second-order valence-electron chi connectivity index (χ2n) is 2.93. The first kappa shape index (κ1) is 12.3. The number of alkyl halides is 2. The smallest absolute Gasteiger partial charge is 0.337 e. The van der Waals surface area contributed by atoms with Crippen molar-refractivity contribution < 1.29 is 9.53 Å². The SMILES string of the molecule is COC(=O)c1ccc(N(C)C(Cl)Br)cc1. The van der Waals surface area contributed by atoms with Gasteiger partial charge in [-0.15, -0.1) is 0 Å². The summed E-state index contributed by atoms with van der Waals surface area (Å²) in [6, 6.07) is 7.01. The van der Waals surface area contributed by atoms with E-state index < -0.39 is 0 Å². The van der Waals surface area contributed by atoms with E-state index in [0.717, 1.165) is 5.69 Å². The molecule has 82 valence electrons. The standard InChI is InChI=1S/C10H11BrClNO2/c1-13(10(11)12)8-5-3-7(4-6-8)9(14)15-2/h3-6,10H,1-2H3. The Kier molecular flexibility index (Phi) is 4.42. The van der Waals surface area contributed by atoms with Crippen LogP contribution in [0.3, 0.4) is 0 Å². The van der Waals surface area contributed by atoms with Crippen molar-refractivity contribution in [3.63, 3.8) is 0 Å². The van der Waals surface area contributed by atoms with E-state index in [0.29, 0.717) is 5.56 Å². The van der Waals surface area contributed by atoms with E-state index in [1.165, 1.54) is 7.11 Å². The monoisotopic (exact) mass is 291 g/mol. The molecule has 0 aromatic heterocycles. The second kappa shape index (κ2) is 5.37. The molecule has 0 aliphatic rings. The van der Waals surface area contributed by atoms with Gasteiger partial charge in [-0.1, -0.05) is 11.6 Å².